The molecular formula is C40H34N4O6. The largest absolute Gasteiger partial charge is 0.485 e. The van der Waals surface area contributed by atoms with Crippen LogP contribution in [0.25, 0.3) is 0 Å². The number of hydrogen-bond donors (Lipinski definition) is 1. The summed E-state index contributed by atoms with van der Waals surface area (Å²) < 4.78 is 23.8. The van der Waals surface area contributed by atoms with Gasteiger partial charge in [0.25, 0.3) is 5.69 Å². The number of hydrogen-bond acceptors (Lipinski definition) is 9. The molecule has 4 aromatic carbocycles. The number of rotatable bonds is 7. The molecule has 0 radical (unpaired) electrons. The SMILES string of the molecule is Nc1ccc(Oc2ccc3c(c2)CCC(c2ccccc2)O3)nc1.O=[N+]([O-])c1ccc(Oc2ccc3c(c2)CCC(c2ccccc2)O3)nc1. The van der Waals surface area contributed by atoms with Crippen molar-refractivity contribution in [3.63, 3.8) is 0 Å². The molecule has 2 aliphatic rings. The van der Waals surface area contributed by atoms with Gasteiger partial charge in [-0.15, -0.1) is 0 Å². The molecule has 10 nitrogen and oxygen atoms in total. The van der Waals surface area contributed by atoms with Crippen LogP contribution in [-0.2, 0) is 12.8 Å². The molecule has 6 aromatic rings. The van der Waals surface area contributed by atoms with E-state index in [0.717, 1.165) is 54.1 Å². The fourth-order valence-corrected chi connectivity index (χ4v) is 5.90. The maximum atomic E-state index is 10.7. The normalized spacial score (nSPS) is 15.8. The molecular weight excluding hydrogens is 632 g/mol. The minimum atomic E-state index is -0.490. The monoisotopic (exact) mass is 666 g/mol. The number of anilines is 1. The molecule has 0 spiro atoms. The van der Waals surface area contributed by atoms with Crippen LogP contribution < -0.4 is 24.7 Å². The number of nitro groups is 1. The summed E-state index contributed by atoms with van der Waals surface area (Å²) in [6.07, 6.45) is 6.65. The molecule has 2 aliphatic heterocycles. The van der Waals surface area contributed by atoms with E-state index in [4.69, 9.17) is 24.7 Å². The average molecular weight is 667 g/mol. The van der Waals surface area contributed by atoms with Gasteiger partial charge in [0, 0.05) is 18.2 Å². The Balaban J connectivity index is 0.000000157. The Morgan fingerprint density at radius 3 is 1.58 bits per heavy atom. The van der Waals surface area contributed by atoms with Crippen molar-refractivity contribution in [2.75, 3.05) is 5.73 Å². The lowest BCUT2D eigenvalue weighted by Crippen LogP contribution is -2.15. The Hall–Kier alpha value is -6.42. The molecule has 0 aliphatic carbocycles. The van der Waals surface area contributed by atoms with Crippen molar-refractivity contribution in [3.8, 4) is 34.8 Å². The van der Waals surface area contributed by atoms with Crippen LogP contribution in [0.3, 0.4) is 0 Å². The van der Waals surface area contributed by atoms with Crippen LogP contribution in [0.1, 0.15) is 47.3 Å². The molecule has 2 N–H and O–H groups in total. The summed E-state index contributed by atoms with van der Waals surface area (Å²) in [6.45, 7) is 0. The van der Waals surface area contributed by atoms with Crippen LogP contribution in [0.4, 0.5) is 11.4 Å². The number of fused-ring (bicyclic) bond motifs is 2. The highest BCUT2D eigenvalue weighted by Crippen LogP contribution is 2.39. The van der Waals surface area contributed by atoms with Crippen LogP contribution in [0.15, 0.2) is 134 Å². The first-order valence-electron chi connectivity index (χ1n) is 16.3. The second kappa shape index (κ2) is 14.8. The Morgan fingerprint density at radius 1 is 0.640 bits per heavy atom. The number of nitrogen functional groups attached to an aromatic ring is 1. The highest BCUT2D eigenvalue weighted by atomic mass is 16.6. The molecule has 0 saturated carbocycles. The first-order valence-corrected chi connectivity index (χ1v) is 16.3. The van der Waals surface area contributed by atoms with E-state index >= 15 is 0 Å². The fraction of sp³-hybridized carbons (Fsp3) is 0.150. The maximum absolute atomic E-state index is 10.7. The highest BCUT2D eigenvalue weighted by molar-refractivity contribution is 5.45. The van der Waals surface area contributed by atoms with Gasteiger partial charge in [0.1, 0.15) is 41.4 Å². The van der Waals surface area contributed by atoms with Gasteiger partial charge in [-0.25, -0.2) is 9.97 Å². The lowest BCUT2D eigenvalue weighted by Gasteiger charge is -2.26. The molecule has 0 saturated heterocycles. The number of benzene rings is 4. The minimum Gasteiger partial charge on any atom is -0.485 e. The van der Waals surface area contributed by atoms with E-state index in [0.29, 0.717) is 23.2 Å². The van der Waals surface area contributed by atoms with Crippen molar-refractivity contribution in [2.45, 2.75) is 37.9 Å². The summed E-state index contributed by atoms with van der Waals surface area (Å²) in [7, 11) is 0. The number of ether oxygens (including phenoxy) is 4. The molecule has 4 heterocycles. The van der Waals surface area contributed by atoms with E-state index in [1.807, 2.05) is 72.8 Å². The van der Waals surface area contributed by atoms with E-state index in [-0.39, 0.29) is 17.9 Å². The summed E-state index contributed by atoms with van der Waals surface area (Å²) in [5.74, 6) is 4.01. The predicted molar refractivity (Wildman–Crippen MR) is 189 cm³/mol. The van der Waals surface area contributed by atoms with Gasteiger partial charge < -0.3 is 24.7 Å². The molecule has 2 atom stereocenters. The Kier molecular flexibility index (Phi) is 9.50. The average Bonchev–Trinajstić information content (AvgIpc) is 3.16. The third-order valence-electron chi connectivity index (χ3n) is 8.43. The second-order valence-corrected chi connectivity index (χ2v) is 11.9. The summed E-state index contributed by atoms with van der Waals surface area (Å²) in [5, 5.41) is 10.7. The van der Waals surface area contributed by atoms with Gasteiger partial charge in [0.2, 0.25) is 11.8 Å². The summed E-state index contributed by atoms with van der Waals surface area (Å²) in [5.41, 5.74) is 10.8. The van der Waals surface area contributed by atoms with Crippen LogP contribution in [0.2, 0.25) is 0 Å². The predicted octanol–water partition coefficient (Wildman–Crippen LogP) is 9.37. The van der Waals surface area contributed by atoms with Gasteiger partial charge >= 0.3 is 0 Å². The summed E-state index contributed by atoms with van der Waals surface area (Å²) in [4.78, 5) is 18.3. The molecule has 10 heteroatoms. The molecule has 50 heavy (non-hydrogen) atoms. The van der Waals surface area contributed by atoms with Crippen molar-refractivity contribution >= 4 is 11.4 Å². The van der Waals surface area contributed by atoms with E-state index < -0.39 is 4.92 Å². The molecule has 8 rings (SSSR count). The molecule has 2 aromatic heterocycles. The molecule has 0 fully saturated rings. The van der Waals surface area contributed by atoms with E-state index in [9.17, 15) is 10.1 Å². The van der Waals surface area contributed by atoms with Crippen molar-refractivity contribution in [1.29, 1.82) is 0 Å². The molecule has 2 unspecified atom stereocenters. The van der Waals surface area contributed by atoms with Crippen molar-refractivity contribution < 1.29 is 23.9 Å². The third kappa shape index (κ3) is 7.82. The second-order valence-electron chi connectivity index (χ2n) is 11.9. The molecule has 0 amide bonds. The fourth-order valence-electron chi connectivity index (χ4n) is 5.90. The molecule has 250 valence electrons. The van der Waals surface area contributed by atoms with E-state index in [2.05, 4.69) is 34.2 Å². The van der Waals surface area contributed by atoms with E-state index in [1.165, 1.54) is 29.5 Å². The Labute approximate surface area is 289 Å². The molecule has 0 bridgehead atoms. The highest BCUT2D eigenvalue weighted by Gasteiger charge is 2.23. The van der Waals surface area contributed by atoms with Crippen LogP contribution in [0.5, 0.6) is 34.8 Å². The number of aromatic nitrogens is 2. The van der Waals surface area contributed by atoms with Crippen LogP contribution in [0, 0.1) is 10.1 Å². The van der Waals surface area contributed by atoms with Gasteiger partial charge in [0.15, 0.2) is 0 Å². The topological polar surface area (TPSA) is 132 Å². The van der Waals surface area contributed by atoms with Crippen LogP contribution in [-0.4, -0.2) is 14.9 Å². The third-order valence-corrected chi connectivity index (χ3v) is 8.43. The smallest absolute Gasteiger partial charge is 0.287 e. The van der Waals surface area contributed by atoms with Gasteiger partial charge in [-0.05, 0) is 90.4 Å². The quantitative estimate of drug-likeness (QED) is 0.131. The standard InChI is InChI=1S/C20H16N2O4.C20H18N2O2/c23-22(24)16-7-11-20(21-13-16)25-17-8-10-19-15(12-17)6-9-18(26-19)14-4-2-1-3-5-14;21-16-7-11-20(22-13-16)23-17-8-10-19-15(12-17)6-9-18(24-19)14-4-2-1-3-5-14/h1-5,7-8,10-13,18H,6,9H2;1-5,7-8,10-13,18H,6,9,21H2. The number of nitrogens with zero attached hydrogens (tertiary/aromatic N) is 3. The lowest BCUT2D eigenvalue weighted by atomic mass is 9.97. The van der Waals surface area contributed by atoms with Crippen LogP contribution >= 0.6 is 0 Å². The van der Waals surface area contributed by atoms with Gasteiger partial charge in [-0.1, -0.05) is 60.7 Å². The number of nitrogens with two attached hydrogens (primary N) is 1. The van der Waals surface area contributed by atoms with Crippen molar-refractivity contribution in [1.82, 2.24) is 9.97 Å². The number of aryl methyl sites for hydroxylation is 2. The first-order chi connectivity index (χ1) is 24.5. The van der Waals surface area contributed by atoms with Crippen molar-refractivity contribution in [2.24, 2.45) is 0 Å². The van der Waals surface area contributed by atoms with Gasteiger partial charge in [0.05, 0.1) is 16.8 Å². The summed E-state index contributed by atoms with van der Waals surface area (Å²) >= 11 is 0. The Morgan fingerprint density at radius 2 is 1.14 bits per heavy atom. The maximum Gasteiger partial charge on any atom is 0.287 e. The lowest BCUT2D eigenvalue weighted by molar-refractivity contribution is -0.385. The van der Waals surface area contributed by atoms with Crippen molar-refractivity contribution in [3.05, 3.63) is 166 Å². The van der Waals surface area contributed by atoms with Gasteiger partial charge in [-0.3, -0.25) is 10.1 Å². The minimum absolute atomic E-state index is 0.0619. The first kappa shape index (κ1) is 32.1. The zero-order valence-electron chi connectivity index (χ0n) is 27.1. The van der Waals surface area contributed by atoms with E-state index in [1.54, 1.807) is 18.3 Å². The zero-order valence-corrected chi connectivity index (χ0v) is 27.1. The van der Waals surface area contributed by atoms with Gasteiger partial charge in [-0.2, -0.15) is 0 Å². The summed E-state index contributed by atoms with van der Waals surface area (Å²) in [6, 6.07) is 38.4. The zero-order chi connectivity index (χ0) is 34.3. The number of pyridine rings is 2. The Bertz CT molecular complexity index is 2060.